The van der Waals surface area contributed by atoms with Crippen molar-refractivity contribution < 1.29 is 21.9 Å². The van der Waals surface area contributed by atoms with Gasteiger partial charge >= 0.3 is 0 Å². The Balaban J connectivity index is 1.55. The van der Waals surface area contributed by atoms with E-state index in [1.807, 2.05) is 22.8 Å². The first-order valence-corrected chi connectivity index (χ1v) is 12.3. The number of imidazole rings is 1. The summed E-state index contributed by atoms with van der Waals surface area (Å²) in [7, 11) is -3.06. The Labute approximate surface area is 200 Å². The number of rotatable bonds is 6. The molecule has 1 unspecified atom stereocenters. The lowest BCUT2D eigenvalue weighted by atomic mass is 10.1. The number of nitrogens with two attached hydrogens (primary N) is 1. The molecule has 0 spiro atoms. The smallest absolute Gasteiger partial charge is 0.264 e. The molecule has 2 aromatic heterocycles. The van der Waals surface area contributed by atoms with Gasteiger partial charge in [-0.1, -0.05) is 6.07 Å². The van der Waals surface area contributed by atoms with Gasteiger partial charge < -0.3 is 20.4 Å². The van der Waals surface area contributed by atoms with E-state index in [-0.39, 0.29) is 17.6 Å². The maximum atomic E-state index is 14.2. The van der Waals surface area contributed by atoms with Crippen molar-refractivity contribution in [1.82, 2.24) is 19.9 Å². The molecule has 0 saturated carbocycles. The van der Waals surface area contributed by atoms with E-state index in [4.69, 9.17) is 10.5 Å². The molecule has 1 fully saturated rings. The highest BCUT2D eigenvalue weighted by Gasteiger charge is 2.24. The van der Waals surface area contributed by atoms with E-state index in [9.17, 15) is 17.2 Å². The number of nitrogen functional groups attached to an aromatic ring is 1. The molecule has 1 aliphatic rings. The minimum absolute atomic E-state index is 0.00170. The second kappa shape index (κ2) is 8.78. The van der Waals surface area contributed by atoms with Gasteiger partial charge in [0.1, 0.15) is 22.2 Å². The lowest BCUT2D eigenvalue weighted by molar-refractivity contribution is 0.400. The van der Waals surface area contributed by atoms with Gasteiger partial charge in [0, 0.05) is 24.4 Å². The minimum Gasteiger partial charge on any atom is -0.480 e. The lowest BCUT2D eigenvalue weighted by Gasteiger charge is -2.15. The maximum absolute atomic E-state index is 14.2. The zero-order valence-corrected chi connectivity index (χ0v) is 19.4. The second-order valence-corrected chi connectivity index (χ2v) is 9.80. The molecule has 0 radical (unpaired) electrons. The molecule has 9 nitrogen and oxygen atoms in total. The SMILES string of the molecule is COc1ncc(-c2ccc3nc(N)n(C4CCNC4)c3c2)cc1NS(=O)(=O)c1ccc(F)cc1F. The largest absolute Gasteiger partial charge is 0.480 e. The molecule has 1 atom stereocenters. The number of nitrogens with zero attached hydrogens (tertiary/aromatic N) is 3. The van der Waals surface area contributed by atoms with Gasteiger partial charge in [-0.3, -0.25) is 4.72 Å². The molecule has 182 valence electrons. The Hall–Kier alpha value is -3.77. The van der Waals surface area contributed by atoms with Crippen LogP contribution in [0, 0.1) is 11.6 Å². The average molecular weight is 501 g/mol. The van der Waals surface area contributed by atoms with Crippen molar-refractivity contribution in [3.8, 4) is 17.0 Å². The second-order valence-electron chi connectivity index (χ2n) is 8.15. The molecule has 1 aliphatic heterocycles. The van der Waals surface area contributed by atoms with Gasteiger partial charge in [0.2, 0.25) is 11.8 Å². The molecule has 4 aromatic rings. The quantitative estimate of drug-likeness (QED) is 0.371. The Bertz CT molecular complexity index is 1530. The fraction of sp³-hybridized carbons (Fsp3) is 0.217. The first-order valence-electron chi connectivity index (χ1n) is 10.8. The minimum atomic E-state index is -4.39. The van der Waals surface area contributed by atoms with Crippen LogP contribution in [0.15, 0.2) is 53.6 Å². The van der Waals surface area contributed by atoms with Crippen LogP contribution in [0.25, 0.3) is 22.2 Å². The highest BCUT2D eigenvalue weighted by atomic mass is 32.2. The van der Waals surface area contributed by atoms with Gasteiger partial charge in [-0.05, 0) is 48.9 Å². The standard InChI is InChI=1S/C23H22F2N6O3S/c1-34-22-19(30-35(32,33)21-5-3-15(24)10-17(21)25)8-14(11-28-22)13-2-4-18-20(9-13)31(23(26)29-18)16-6-7-27-12-16/h2-5,8-11,16,27,30H,6-7,12H2,1H3,(H2,26,29). The number of anilines is 2. The van der Waals surface area contributed by atoms with Crippen molar-refractivity contribution in [2.24, 2.45) is 0 Å². The van der Waals surface area contributed by atoms with Crippen LogP contribution in [0.4, 0.5) is 20.4 Å². The molecule has 1 saturated heterocycles. The summed E-state index contributed by atoms with van der Waals surface area (Å²) >= 11 is 0. The monoisotopic (exact) mass is 500 g/mol. The molecule has 0 aliphatic carbocycles. The van der Waals surface area contributed by atoms with Gasteiger partial charge in [-0.15, -0.1) is 0 Å². The maximum Gasteiger partial charge on any atom is 0.264 e. The summed E-state index contributed by atoms with van der Waals surface area (Å²) in [5.41, 5.74) is 9.11. The van der Waals surface area contributed by atoms with E-state index in [0.717, 1.165) is 48.2 Å². The third kappa shape index (κ3) is 4.26. The summed E-state index contributed by atoms with van der Waals surface area (Å²) in [4.78, 5) is 7.97. The number of halogens is 2. The summed E-state index contributed by atoms with van der Waals surface area (Å²) in [5.74, 6) is -1.68. The van der Waals surface area contributed by atoms with Gasteiger partial charge in [-0.25, -0.2) is 27.2 Å². The predicted octanol–water partition coefficient (Wildman–Crippen LogP) is 3.30. The number of methoxy groups -OCH3 is 1. The third-order valence-electron chi connectivity index (χ3n) is 5.92. The molecular formula is C23H22F2N6O3S. The molecule has 0 bridgehead atoms. The van der Waals surface area contributed by atoms with E-state index < -0.39 is 26.6 Å². The summed E-state index contributed by atoms with van der Waals surface area (Å²) in [6.07, 6.45) is 2.47. The lowest BCUT2D eigenvalue weighted by Crippen LogP contribution is -2.16. The third-order valence-corrected chi connectivity index (χ3v) is 7.32. The van der Waals surface area contributed by atoms with Crippen molar-refractivity contribution in [3.63, 3.8) is 0 Å². The van der Waals surface area contributed by atoms with Gasteiger partial charge in [0.25, 0.3) is 10.0 Å². The number of hydrogen-bond acceptors (Lipinski definition) is 7. The average Bonchev–Trinajstić information content (AvgIpc) is 3.44. The Morgan fingerprint density at radius 1 is 1.17 bits per heavy atom. The molecule has 4 N–H and O–H groups in total. The van der Waals surface area contributed by atoms with E-state index >= 15 is 0 Å². The van der Waals surface area contributed by atoms with Crippen LogP contribution in [0.5, 0.6) is 5.88 Å². The molecule has 5 rings (SSSR count). The molecule has 12 heteroatoms. The van der Waals surface area contributed by atoms with Gasteiger partial charge in [-0.2, -0.15) is 0 Å². The molecular weight excluding hydrogens is 478 g/mol. The summed E-state index contributed by atoms with van der Waals surface area (Å²) in [6, 6.07) is 9.52. The highest BCUT2D eigenvalue weighted by molar-refractivity contribution is 7.92. The zero-order chi connectivity index (χ0) is 24.7. The van der Waals surface area contributed by atoms with Crippen LogP contribution < -0.4 is 20.5 Å². The van der Waals surface area contributed by atoms with E-state index in [1.54, 1.807) is 0 Å². The number of pyridine rings is 1. The zero-order valence-electron chi connectivity index (χ0n) is 18.6. The predicted molar refractivity (Wildman–Crippen MR) is 128 cm³/mol. The normalized spacial score (nSPS) is 16.0. The van der Waals surface area contributed by atoms with Crippen molar-refractivity contribution >= 4 is 32.7 Å². The van der Waals surface area contributed by atoms with Gasteiger partial charge in [0.05, 0.1) is 24.2 Å². The summed E-state index contributed by atoms with van der Waals surface area (Å²) < 4.78 is 62.6. The summed E-state index contributed by atoms with van der Waals surface area (Å²) in [5, 5.41) is 3.32. The number of hydrogen-bond donors (Lipinski definition) is 3. The van der Waals surface area contributed by atoms with E-state index in [1.165, 1.54) is 19.4 Å². The fourth-order valence-electron chi connectivity index (χ4n) is 4.27. The Morgan fingerprint density at radius 2 is 2.00 bits per heavy atom. The number of benzene rings is 2. The Kier molecular flexibility index (Phi) is 5.77. The number of aromatic nitrogens is 3. The van der Waals surface area contributed by atoms with E-state index in [0.29, 0.717) is 17.6 Å². The molecule has 35 heavy (non-hydrogen) atoms. The molecule has 2 aromatic carbocycles. The number of ether oxygens (including phenoxy) is 1. The Morgan fingerprint density at radius 3 is 2.71 bits per heavy atom. The van der Waals surface area contributed by atoms with Crippen LogP contribution in [0.2, 0.25) is 0 Å². The van der Waals surface area contributed by atoms with Crippen molar-refractivity contribution in [3.05, 3.63) is 60.3 Å². The fourth-order valence-corrected chi connectivity index (χ4v) is 5.38. The van der Waals surface area contributed by atoms with Crippen LogP contribution >= 0.6 is 0 Å². The molecule has 0 amide bonds. The molecule has 3 heterocycles. The van der Waals surface area contributed by atoms with Crippen molar-refractivity contribution in [2.45, 2.75) is 17.4 Å². The number of nitrogens with one attached hydrogen (secondary N) is 2. The van der Waals surface area contributed by atoms with Crippen LogP contribution in [0.3, 0.4) is 0 Å². The van der Waals surface area contributed by atoms with E-state index in [2.05, 4.69) is 20.0 Å². The number of sulfonamides is 1. The van der Waals surface area contributed by atoms with Gasteiger partial charge in [0.15, 0.2) is 0 Å². The number of fused-ring (bicyclic) bond motifs is 1. The highest BCUT2D eigenvalue weighted by Crippen LogP contribution is 2.33. The summed E-state index contributed by atoms with van der Waals surface area (Å²) in [6.45, 7) is 1.68. The van der Waals surface area contributed by atoms with Crippen molar-refractivity contribution in [2.75, 3.05) is 30.7 Å². The van der Waals surface area contributed by atoms with Crippen LogP contribution in [-0.4, -0.2) is 43.2 Å². The van der Waals surface area contributed by atoms with Crippen molar-refractivity contribution in [1.29, 1.82) is 0 Å². The van der Waals surface area contributed by atoms with Crippen LogP contribution in [-0.2, 0) is 10.0 Å². The first kappa shape index (κ1) is 23.0. The van der Waals surface area contributed by atoms with Crippen LogP contribution in [0.1, 0.15) is 12.5 Å². The topological polar surface area (TPSA) is 124 Å². The first-order chi connectivity index (χ1) is 16.8.